The third-order valence-electron chi connectivity index (χ3n) is 3.68. The van der Waals surface area contributed by atoms with E-state index in [-0.39, 0.29) is 23.9 Å². The van der Waals surface area contributed by atoms with Gasteiger partial charge in [-0.25, -0.2) is 0 Å². The van der Waals surface area contributed by atoms with Crippen LogP contribution >= 0.6 is 0 Å². The zero-order valence-electron chi connectivity index (χ0n) is 11.0. The first-order valence-electron chi connectivity index (χ1n) is 6.90. The second-order valence-corrected chi connectivity index (χ2v) is 5.04. The highest BCUT2D eigenvalue weighted by Gasteiger charge is 2.32. The van der Waals surface area contributed by atoms with E-state index in [4.69, 9.17) is 4.74 Å². The molecule has 102 valence electrons. The summed E-state index contributed by atoms with van der Waals surface area (Å²) in [4.78, 5) is 25.6. The van der Waals surface area contributed by atoms with E-state index in [1.54, 1.807) is 4.90 Å². The van der Waals surface area contributed by atoms with Gasteiger partial charge in [-0.15, -0.1) is 0 Å². The minimum absolute atomic E-state index is 0.0248. The topological polar surface area (TPSA) is 58.6 Å². The number of nitrogens with one attached hydrogen (secondary N) is 1. The van der Waals surface area contributed by atoms with Crippen LogP contribution < -0.4 is 5.32 Å². The van der Waals surface area contributed by atoms with Crippen LogP contribution in [0.2, 0.25) is 0 Å². The van der Waals surface area contributed by atoms with Crippen LogP contribution in [0.4, 0.5) is 0 Å². The molecule has 1 N–H and O–H groups in total. The van der Waals surface area contributed by atoms with Crippen LogP contribution in [0.15, 0.2) is 0 Å². The van der Waals surface area contributed by atoms with E-state index in [0.29, 0.717) is 26.0 Å². The van der Waals surface area contributed by atoms with Crippen molar-refractivity contribution in [3.05, 3.63) is 0 Å². The van der Waals surface area contributed by atoms with Gasteiger partial charge in [0.25, 0.3) is 0 Å². The van der Waals surface area contributed by atoms with Crippen molar-refractivity contribution in [3.8, 4) is 0 Å². The van der Waals surface area contributed by atoms with Crippen LogP contribution in [-0.4, -0.2) is 48.6 Å². The maximum atomic E-state index is 12.2. The van der Waals surface area contributed by atoms with E-state index >= 15 is 0 Å². The largest absolute Gasteiger partial charge is 0.379 e. The lowest BCUT2D eigenvalue weighted by Crippen LogP contribution is -2.51. The lowest BCUT2D eigenvalue weighted by Gasteiger charge is -2.29. The summed E-state index contributed by atoms with van der Waals surface area (Å²) in [7, 11) is 0. The number of ether oxygens (including phenoxy) is 1. The van der Waals surface area contributed by atoms with E-state index in [1.165, 1.54) is 0 Å². The lowest BCUT2D eigenvalue weighted by atomic mass is 10.1. The predicted octanol–water partition coefficient (Wildman–Crippen LogP) is 0.683. The minimum Gasteiger partial charge on any atom is -0.379 e. The van der Waals surface area contributed by atoms with Gasteiger partial charge in [-0.05, 0) is 25.7 Å². The quantitative estimate of drug-likeness (QED) is 0.802. The molecule has 0 spiro atoms. The molecule has 0 aromatic rings. The lowest BCUT2D eigenvalue weighted by molar-refractivity contribution is -0.138. The molecule has 5 nitrogen and oxygen atoms in total. The molecule has 0 unspecified atom stereocenters. The zero-order chi connectivity index (χ0) is 13.0. The van der Waals surface area contributed by atoms with Crippen LogP contribution in [0, 0.1) is 0 Å². The molecule has 0 bridgehead atoms. The van der Waals surface area contributed by atoms with Crippen molar-refractivity contribution in [3.63, 3.8) is 0 Å². The Hall–Kier alpha value is -1.10. The molecule has 0 saturated carbocycles. The Morgan fingerprint density at radius 3 is 2.94 bits per heavy atom. The highest BCUT2D eigenvalue weighted by atomic mass is 16.5. The van der Waals surface area contributed by atoms with Gasteiger partial charge in [0.15, 0.2) is 0 Å². The number of likely N-dealkylation sites (tertiary alicyclic amines) is 1. The molecular formula is C13H22N2O3. The first-order chi connectivity index (χ1) is 8.72. The van der Waals surface area contributed by atoms with Crippen molar-refractivity contribution in [2.75, 3.05) is 19.8 Å². The summed E-state index contributed by atoms with van der Waals surface area (Å²) in [6.45, 7) is 4.05. The first-order valence-corrected chi connectivity index (χ1v) is 6.90. The highest BCUT2D eigenvalue weighted by Crippen LogP contribution is 2.16. The highest BCUT2D eigenvalue weighted by molar-refractivity contribution is 5.88. The van der Waals surface area contributed by atoms with Crippen molar-refractivity contribution in [1.82, 2.24) is 10.2 Å². The van der Waals surface area contributed by atoms with Crippen LogP contribution in [0.3, 0.4) is 0 Å². The van der Waals surface area contributed by atoms with Crippen molar-refractivity contribution in [2.45, 2.75) is 51.1 Å². The number of amides is 2. The Morgan fingerprint density at radius 1 is 1.56 bits per heavy atom. The summed E-state index contributed by atoms with van der Waals surface area (Å²) >= 11 is 0. The molecule has 2 amide bonds. The first kappa shape index (κ1) is 13.3. The van der Waals surface area contributed by atoms with Gasteiger partial charge in [-0.2, -0.15) is 0 Å². The standard InChI is InChI=1S/C13H22N2O3/c1-2-11(15-7-3-6-12(15)16)13(17)14-10-5-4-8-18-9-10/h10-11H,2-9H2,1H3,(H,14,17)/t10-,11-/m1/s1. The molecule has 2 aliphatic heterocycles. The summed E-state index contributed by atoms with van der Waals surface area (Å²) in [6.07, 6.45) is 4.08. The second-order valence-electron chi connectivity index (χ2n) is 5.04. The Bertz CT molecular complexity index is 313. The molecule has 0 aliphatic carbocycles. The molecular weight excluding hydrogens is 232 g/mol. The van der Waals surface area contributed by atoms with Crippen LogP contribution in [0.5, 0.6) is 0 Å². The molecule has 2 aliphatic rings. The fourth-order valence-electron chi connectivity index (χ4n) is 2.70. The zero-order valence-corrected chi connectivity index (χ0v) is 11.0. The Labute approximate surface area is 108 Å². The van der Waals surface area contributed by atoms with Crippen molar-refractivity contribution >= 4 is 11.8 Å². The van der Waals surface area contributed by atoms with Gasteiger partial charge in [0.1, 0.15) is 6.04 Å². The van der Waals surface area contributed by atoms with E-state index in [1.807, 2.05) is 6.92 Å². The Balaban J connectivity index is 1.90. The number of carbonyl (C=O) groups excluding carboxylic acids is 2. The molecule has 2 rings (SSSR count). The van der Waals surface area contributed by atoms with Crippen molar-refractivity contribution in [1.29, 1.82) is 0 Å². The fourth-order valence-corrected chi connectivity index (χ4v) is 2.70. The maximum absolute atomic E-state index is 12.2. The summed E-state index contributed by atoms with van der Waals surface area (Å²) in [5, 5.41) is 3.01. The Morgan fingerprint density at radius 2 is 2.39 bits per heavy atom. The minimum atomic E-state index is -0.304. The van der Waals surface area contributed by atoms with E-state index in [0.717, 1.165) is 25.9 Å². The van der Waals surface area contributed by atoms with Crippen molar-refractivity contribution < 1.29 is 14.3 Å². The van der Waals surface area contributed by atoms with Gasteiger partial charge in [-0.1, -0.05) is 6.92 Å². The third kappa shape index (κ3) is 3.02. The van der Waals surface area contributed by atoms with Crippen LogP contribution in [0.25, 0.3) is 0 Å². The fraction of sp³-hybridized carbons (Fsp3) is 0.846. The van der Waals surface area contributed by atoms with Gasteiger partial charge < -0.3 is 15.0 Å². The van der Waals surface area contributed by atoms with Crippen LogP contribution in [-0.2, 0) is 14.3 Å². The van der Waals surface area contributed by atoms with Gasteiger partial charge in [0.05, 0.1) is 12.6 Å². The average molecular weight is 254 g/mol. The molecule has 2 atom stereocenters. The SMILES string of the molecule is CC[C@H](C(=O)N[C@@H]1CCCOC1)N1CCCC1=O. The van der Waals surface area contributed by atoms with Crippen molar-refractivity contribution in [2.24, 2.45) is 0 Å². The van der Waals surface area contributed by atoms with E-state index in [2.05, 4.69) is 5.32 Å². The molecule has 0 aromatic carbocycles. The molecule has 18 heavy (non-hydrogen) atoms. The Kier molecular flexibility index (Phi) is 4.58. The summed E-state index contributed by atoms with van der Waals surface area (Å²) < 4.78 is 5.35. The third-order valence-corrected chi connectivity index (χ3v) is 3.68. The molecule has 0 aromatic heterocycles. The molecule has 2 heterocycles. The maximum Gasteiger partial charge on any atom is 0.243 e. The smallest absolute Gasteiger partial charge is 0.243 e. The molecule has 2 fully saturated rings. The number of carbonyl (C=O) groups is 2. The summed E-state index contributed by atoms with van der Waals surface area (Å²) in [6, 6.07) is -0.195. The number of hydrogen-bond donors (Lipinski definition) is 1. The molecule has 2 saturated heterocycles. The predicted molar refractivity (Wildman–Crippen MR) is 67.0 cm³/mol. The second kappa shape index (κ2) is 6.18. The molecule has 5 heteroatoms. The number of hydrogen-bond acceptors (Lipinski definition) is 3. The summed E-state index contributed by atoms with van der Waals surface area (Å²) in [5.41, 5.74) is 0. The van der Waals surface area contributed by atoms with E-state index < -0.39 is 0 Å². The normalized spacial score (nSPS) is 26.2. The van der Waals surface area contributed by atoms with E-state index in [9.17, 15) is 9.59 Å². The van der Waals surface area contributed by atoms with Crippen LogP contribution in [0.1, 0.15) is 39.0 Å². The number of nitrogens with zero attached hydrogens (tertiary/aromatic N) is 1. The van der Waals surface area contributed by atoms with Gasteiger partial charge >= 0.3 is 0 Å². The molecule has 0 radical (unpaired) electrons. The number of rotatable bonds is 4. The monoisotopic (exact) mass is 254 g/mol. The van der Waals surface area contributed by atoms with Gasteiger partial charge in [-0.3, -0.25) is 9.59 Å². The van der Waals surface area contributed by atoms with Gasteiger partial charge in [0.2, 0.25) is 11.8 Å². The van der Waals surface area contributed by atoms with Gasteiger partial charge in [0, 0.05) is 19.6 Å². The summed E-state index contributed by atoms with van der Waals surface area (Å²) in [5.74, 6) is 0.0835. The average Bonchev–Trinajstić information content (AvgIpc) is 2.78.